The lowest BCUT2D eigenvalue weighted by Gasteiger charge is -2.48. The van der Waals surface area contributed by atoms with E-state index in [1.54, 1.807) is 39.0 Å². The van der Waals surface area contributed by atoms with Gasteiger partial charge in [0.15, 0.2) is 5.82 Å². The van der Waals surface area contributed by atoms with Gasteiger partial charge in [0.05, 0.1) is 11.3 Å². The first-order valence-electron chi connectivity index (χ1n) is 10.9. The van der Waals surface area contributed by atoms with Crippen molar-refractivity contribution in [2.75, 3.05) is 11.4 Å². The predicted molar refractivity (Wildman–Crippen MR) is 120 cm³/mol. The number of para-hydroxylation sites is 1. The van der Waals surface area contributed by atoms with Crippen molar-refractivity contribution < 1.29 is 14.4 Å². The molecule has 4 heterocycles. The minimum Gasteiger partial charge on any atom is -0.352 e. The number of pyridine rings is 1. The second-order valence-corrected chi connectivity index (χ2v) is 8.42. The Balaban J connectivity index is 1.23. The summed E-state index contributed by atoms with van der Waals surface area (Å²) in [7, 11) is 0. The van der Waals surface area contributed by atoms with Crippen LogP contribution in [0.5, 0.6) is 0 Å². The summed E-state index contributed by atoms with van der Waals surface area (Å²) in [6, 6.07) is 12.7. The minimum absolute atomic E-state index is 0.00189. The van der Waals surface area contributed by atoms with Gasteiger partial charge in [-0.2, -0.15) is 5.10 Å². The third kappa shape index (κ3) is 3.65. The molecule has 0 spiro atoms. The van der Waals surface area contributed by atoms with Crippen LogP contribution in [-0.4, -0.2) is 49.6 Å². The van der Waals surface area contributed by atoms with E-state index < -0.39 is 5.66 Å². The van der Waals surface area contributed by atoms with Gasteiger partial charge < -0.3 is 10.2 Å². The SMILES string of the molecule is CC12CCC(=O)N1c1ccccc1C(=O)N2CCC(=O)NCc1ccc(-n2cccn2)nc1. The molecule has 1 aromatic carbocycles. The van der Waals surface area contributed by atoms with Crippen molar-refractivity contribution in [1.29, 1.82) is 0 Å². The van der Waals surface area contributed by atoms with Crippen LogP contribution in [0, 0.1) is 0 Å². The lowest BCUT2D eigenvalue weighted by molar-refractivity contribution is -0.121. The van der Waals surface area contributed by atoms with Gasteiger partial charge in [0.2, 0.25) is 11.8 Å². The summed E-state index contributed by atoms with van der Waals surface area (Å²) in [6.07, 6.45) is 6.26. The minimum atomic E-state index is -0.755. The van der Waals surface area contributed by atoms with Crippen molar-refractivity contribution in [2.24, 2.45) is 0 Å². The Bertz CT molecular complexity index is 1210. The number of rotatable bonds is 6. The fourth-order valence-corrected chi connectivity index (χ4v) is 4.61. The molecule has 1 N–H and O–H groups in total. The number of hydrogen-bond acceptors (Lipinski definition) is 5. The van der Waals surface area contributed by atoms with Crippen LogP contribution in [0.15, 0.2) is 61.1 Å². The molecule has 9 nitrogen and oxygen atoms in total. The molecule has 0 radical (unpaired) electrons. The largest absolute Gasteiger partial charge is 0.352 e. The van der Waals surface area contributed by atoms with Crippen molar-refractivity contribution in [3.63, 3.8) is 0 Å². The normalized spacial score (nSPS) is 19.4. The van der Waals surface area contributed by atoms with Crippen LogP contribution in [0.4, 0.5) is 5.69 Å². The number of benzene rings is 1. The average Bonchev–Trinajstić information content (AvgIpc) is 3.47. The van der Waals surface area contributed by atoms with E-state index >= 15 is 0 Å². The molecule has 5 rings (SSSR count). The van der Waals surface area contributed by atoms with Crippen LogP contribution >= 0.6 is 0 Å². The van der Waals surface area contributed by atoms with Gasteiger partial charge >= 0.3 is 0 Å². The highest BCUT2D eigenvalue weighted by Crippen LogP contribution is 2.43. The van der Waals surface area contributed by atoms with E-state index in [0.717, 1.165) is 5.56 Å². The van der Waals surface area contributed by atoms with E-state index in [1.165, 1.54) is 0 Å². The van der Waals surface area contributed by atoms with E-state index in [2.05, 4.69) is 15.4 Å². The van der Waals surface area contributed by atoms with Gasteiger partial charge in [-0.15, -0.1) is 0 Å². The van der Waals surface area contributed by atoms with Gasteiger partial charge in [0, 0.05) is 44.5 Å². The molecule has 2 aromatic heterocycles. The Hall–Kier alpha value is -4.01. The molecule has 0 saturated carbocycles. The number of aromatic nitrogens is 3. The third-order valence-electron chi connectivity index (χ3n) is 6.35. The van der Waals surface area contributed by atoms with Crippen LogP contribution in [0.1, 0.15) is 42.1 Å². The standard InChI is InChI=1S/C24H24N6O3/c1-24-11-9-22(32)30(24)19-6-3-2-5-18(19)23(33)28(24)14-10-21(31)26-16-17-7-8-20(25-15-17)29-13-4-12-27-29/h2-8,12-13,15H,9-11,14,16H2,1H3,(H,26,31). The van der Waals surface area contributed by atoms with Crippen molar-refractivity contribution in [2.45, 2.75) is 38.4 Å². The quantitative estimate of drug-likeness (QED) is 0.629. The fraction of sp³-hybridized carbons (Fsp3) is 0.292. The van der Waals surface area contributed by atoms with Gasteiger partial charge in [0.25, 0.3) is 5.91 Å². The summed E-state index contributed by atoms with van der Waals surface area (Å²) in [5, 5.41) is 7.03. The van der Waals surface area contributed by atoms with E-state index in [4.69, 9.17) is 0 Å². The first kappa shape index (κ1) is 20.9. The van der Waals surface area contributed by atoms with Gasteiger partial charge in [0.1, 0.15) is 5.66 Å². The molecule has 1 fully saturated rings. The molecule has 1 atom stereocenters. The molecule has 2 aliphatic heterocycles. The van der Waals surface area contributed by atoms with Crippen molar-refractivity contribution in [3.8, 4) is 5.82 Å². The topological polar surface area (TPSA) is 100 Å². The molecule has 2 aliphatic rings. The second kappa shape index (κ2) is 8.16. The number of carbonyl (C=O) groups is 3. The molecule has 3 amide bonds. The summed E-state index contributed by atoms with van der Waals surface area (Å²) in [4.78, 5) is 46.2. The van der Waals surface area contributed by atoms with Gasteiger partial charge in [-0.25, -0.2) is 9.67 Å². The maximum Gasteiger partial charge on any atom is 0.257 e. The predicted octanol–water partition coefficient (Wildman–Crippen LogP) is 2.27. The van der Waals surface area contributed by atoms with Gasteiger partial charge in [-0.1, -0.05) is 18.2 Å². The number of nitrogens with one attached hydrogen (secondary N) is 1. The summed E-state index contributed by atoms with van der Waals surface area (Å²) in [6.45, 7) is 2.47. The highest BCUT2D eigenvalue weighted by atomic mass is 16.2. The highest BCUT2D eigenvalue weighted by Gasteiger charge is 2.52. The second-order valence-electron chi connectivity index (χ2n) is 8.42. The molecule has 9 heteroatoms. The van der Waals surface area contributed by atoms with Crippen LogP contribution in [0.2, 0.25) is 0 Å². The molecular weight excluding hydrogens is 420 g/mol. The molecule has 0 bridgehead atoms. The van der Waals surface area contributed by atoms with Crippen LogP contribution in [0.3, 0.4) is 0 Å². The smallest absolute Gasteiger partial charge is 0.257 e. The highest BCUT2D eigenvalue weighted by molar-refractivity contribution is 6.10. The number of fused-ring (bicyclic) bond motifs is 3. The fourth-order valence-electron chi connectivity index (χ4n) is 4.61. The molecule has 33 heavy (non-hydrogen) atoms. The third-order valence-corrected chi connectivity index (χ3v) is 6.35. The number of hydrogen-bond donors (Lipinski definition) is 1. The van der Waals surface area contributed by atoms with E-state index in [9.17, 15) is 14.4 Å². The first-order valence-corrected chi connectivity index (χ1v) is 10.9. The monoisotopic (exact) mass is 444 g/mol. The number of anilines is 1. The zero-order valence-corrected chi connectivity index (χ0v) is 18.3. The van der Waals surface area contributed by atoms with Crippen molar-refractivity contribution >= 4 is 23.4 Å². The van der Waals surface area contributed by atoms with Crippen LogP contribution in [0.25, 0.3) is 5.82 Å². The Kier molecular flexibility index (Phi) is 5.16. The van der Waals surface area contributed by atoms with Crippen LogP contribution in [-0.2, 0) is 16.1 Å². The summed E-state index contributed by atoms with van der Waals surface area (Å²) in [5.41, 5.74) is 1.25. The lowest BCUT2D eigenvalue weighted by atomic mass is 9.98. The Morgan fingerprint density at radius 3 is 2.76 bits per heavy atom. The number of carbonyl (C=O) groups excluding carboxylic acids is 3. The average molecular weight is 444 g/mol. The van der Waals surface area contributed by atoms with Crippen molar-refractivity contribution in [1.82, 2.24) is 25.0 Å². The van der Waals surface area contributed by atoms with Gasteiger partial charge in [-0.3, -0.25) is 19.3 Å². The maximum absolute atomic E-state index is 13.2. The number of nitrogens with zero attached hydrogens (tertiary/aromatic N) is 5. The van der Waals surface area contributed by atoms with E-state index in [1.807, 2.05) is 43.5 Å². The van der Waals surface area contributed by atoms with Gasteiger partial charge in [-0.05, 0) is 43.2 Å². The Labute approximate surface area is 191 Å². The summed E-state index contributed by atoms with van der Waals surface area (Å²) >= 11 is 0. The zero-order chi connectivity index (χ0) is 23.0. The first-order chi connectivity index (χ1) is 16.0. The molecule has 1 saturated heterocycles. The Morgan fingerprint density at radius 2 is 2.00 bits per heavy atom. The van der Waals surface area contributed by atoms with E-state index in [-0.39, 0.29) is 30.7 Å². The molecular formula is C24H24N6O3. The molecule has 3 aromatic rings. The van der Waals surface area contributed by atoms with Crippen molar-refractivity contribution in [3.05, 3.63) is 72.2 Å². The molecule has 1 unspecified atom stereocenters. The summed E-state index contributed by atoms with van der Waals surface area (Å²) in [5.74, 6) is 0.378. The summed E-state index contributed by atoms with van der Waals surface area (Å²) < 4.78 is 1.66. The number of amides is 3. The molecule has 0 aliphatic carbocycles. The van der Waals surface area contributed by atoms with Crippen LogP contribution < -0.4 is 10.2 Å². The lowest BCUT2D eigenvalue weighted by Crippen LogP contribution is -2.62. The zero-order valence-electron chi connectivity index (χ0n) is 18.3. The van der Waals surface area contributed by atoms with E-state index in [0.29, 0.717) is 36.5 Å². The molecule has 168 valence electrons. The Morgan fingerprint density at radius 1 is 1.15 bits per heavy atom. The maximum atomic E-state index is 13.2.